The summed E-state index contributed by atoms with van der Waals surface area (Å²) in [6.07, 6.45) is 4.31. The van der Waals surface area contributed by atoms with Crippen molar-refractivity contribution in [2.24, 2.45) is 0 Å². The fourth-order valence-electron chi connectivity index (χ4n) is 4.07. The highest BCUT2D eigenvalue weighted by molar-refractivity contribution is 5.91. The first kappa shape index (κ1) is 26.0. The second-order valence-corrected chi connectivity index (χ2v) is 8.71. The van der Waals surface area contributed by atoms with E-state index in [1.807, 2.05) is 12.1 Å². The minimum Gasteiger partial charge on any atom is -0.494 e. The van der Waals surface area contributed by atoms with Crippen LogP contribution in [0.1, 0.15) is 42.1 Å². The van der Waals surface area contributed by atoms with Crippen LogP contribution in [0.15, 0.2) is 78.9 Å². The summed E-state index contributed by atoms with van der Waals surface area (Å²) in [6, 6.07) is 20.7. The zero-order chi connectivity index (χ0) is 26.4. The Hall–Kier alpha value is -4.06. The highest BCUT2D eigenvalue weighted by atomic mass is 19.2. The Kier molecular flexibility index (Phi) is 8.29. The highest BCUT2D eigenvalue weighted by Gasteiger charge is 2.19. The molecule has 0 bridgehead atoms. The number of hydrogen-bond acceptors (Lipinski definition) is 3. The van der Waals surface area contributed by atoms with Crippen LogP contribution in [0.4, 0.5) is 13.2 Å². The van der Waals surface area contributed by atoms with Gasteiger partial charge in [-0.2, -0.15) is 4.39 Å². The Bertz CT molecular complexity index is 1380. The van der Waals surface area contributed by atoms with Gasteiger partial charge in [0.2, 0.25) is 5.82 Å². The molecule has 0 atom stereocenters. The predicted octanol–water partition coefficient (Wildman–Crippen LogP) is 8.40. The number of carbonyl (C=O) groups is 1. The lowest BCUT2D eigenvalue weighted by atomic mass is 10.0. The van der Waals surface area contributed by atoms with Gasteiger partial charge in [-0.3, -0.25) is 0 Å². The molecule has 0 saturated heterocycles. The van der Waals surface area contributed by atoms with Gasteiger partial charge in [0.05, 0.1) is 12.7 Å². The monoisotopic (exact) mass is 504 g/mol. The molecule has 0 aliphatic heterocycles. The predicted molar refractivity (Wildman–Crippen MR) is 138 cm³/mol. The van der Waals surface area contributed by atoms with E-state index in [1.54, 1.807) is 30.3 Å². The number of aryl methyl sites for hydroxylation is 1. The summed E-state index contributed by atoms with van der Waals surface area (Å²) >= 11 is 0. The van der Waals surface area contributed by atoms with Crippen molar-refractivity contribution in [3.63, 3.8) is 0 Å². The van der Waals surface area contributed by atoms with Gasteiger partial charge in [0.1, 0.15) is 0 Å². The quantitative estimate of drug-likeness (QED) is 0.130. The molecule has 4 aromatic carbocycles. The lowest BCUT2D eigenvalue weighted by molar-refractivity contribution is 0.0727. The Morgan fingerprint density at radius 3 is 2.03 bits per heavy atom. The smallest absolute Gasteiger partial charge is 0.343 e. The number of esters is 1. The average Bonchev–Trinajstić information content (AvgIpc) is 2.92. The fourth-order valence-corrected chi connectivity index (χ4v) is 4.07. The van der Waals surface area contributed by atoms with Crippen LogP contribution in [0, 0.1) is 17.5 Å². The molecule has 3 nitrogen and oxygen atoms in total. The molecule has 0 aliphatic carbocycles. The number of carbonyl (C=O) groups excluding carboxylic acids is 1. The topological polar surface area (TPSA) is 35.5 Å². The maximum atomic E-state index is 14.9. The Morgan fingerprint density at radius 2 is 1.38 bits per heavy atom. The Balaban J connectivity index is 1.46. The van der Waals surface area contributed by atoms with Gasteiger partial charge < -0.3 is 9.47 Å². The molecule has 0 aromatic heterocycles. The average molecular weight is 505 g/mol. The van der Waals surface area contributed by atoms with Crippen LogP contribution in [0.25, 0.3) is 22.3 Å². The zero-order valence-electron chi connectivity index (χ0n) is 20.7. The van der Waals surface area contributed by atoms with Gasteiger partial charge in [-0.25, -0.2) is 13.6 Å². The molecule has 0 amide bonds. The van der Waals surface area contributed by atoms with Crippen LogP contribution < -0.4 is 9.47 Å². The first-order valence-electron chi connectivity index (χ1n) is 12.1. The molecular weight excluding hydrogens is 477 g/mol. The molecule has 0 aliphatic rings. The standard InChI is InChI=1S/C31H27F3O3/c1-3-4-5-6-20-7-9-22(10-8-20)25-16-18-28(30(34)29(25)33)37-31(35)23-13-11-21(12-14-23)24-15-17-27(36-2)26(32)19-24/h7-19H,3-6H2,1-2H3. The van der Waals surface area contributed by atoms with Crippen molar-refractivity contribution >= 4 is 5.97 Å². The summed E-state index contributed by atoms with van der Waals surface area (Å²) < 4.78 is 53.7. The second kappa shape index (κ2) is 11.8. The third-order valence-electron chi connectivity index (χ3n) is 6.19. The van der Waals surface area contributed by atoms with Gasteiger partial charge >= 0.3 is 5.97 Å². The van der Waals surface area contributed by atoms with Gasteiger partial charge in [-0.05, 0) is 71.5 Å². The molecule has 37 heavy (non-hydrogen) atoms. The minimum atomic E-state index is -1.23. The fraction of sp³-hybridized carbons (Fsp3) is 0.194. The van der Waals surface area contributed by atoms with E-state index in [1.165, 1.54) is 43.5 Å². The highest BCUT2D eigenvalue weighted by Crippen LogP contribution is 2.31. The van der Waals surface area contributed by atoms with Crippen LogP contribution in [-0.2, 0) is 6.42 Å². The summed E-state index contributed by atoms with van der Waals surface area (Å²) in [5, 5.41) is 0. The van der Waals surface area contributed by atoms with Gasteiger partial charge in [0.25, 0.3) is 0 Å². The van der Waals surface area contributed by atoms with E-state index >= 15 is 0 Å². The van der Waals surface area contributed by atoms with Crippen LogP contribution in [0.5, 0.6) is 11.5 Å². The van der Waals surface area contributed by atoms with E-state index < -0.39 is 29.2 Å². The van der Waals surface area contributed by atoms with Crippen LogP contribution in [-0.4, -0.2) is 13.1 Å². The van der Waals surface area contributed by atoms with Crippen molar-refractivity contribution in [2.45, 2.75) is 32.6 Å². The molecule has 0 spiro atoms. The van der Waals surface area contributed by atoms with Crippen LogP contribution in [0.3, 0.4) is 0 Å². The molecule has 4 rings (SSSR count). The number of halogens is 3. The largest absolute Gasteiger partial charge is 0.494 e. The number of rotatable bonds is 9. The molecule has 4 aromatic rings. The minimum absolute atomic E-state index is 0.0912. The SMILES string of the molecule is CCCCCc1ccc(-c2ccc(OC(=O)c3ccc(-c4ccc(OC)c(F)c4)cc3)c(F)c2F)cc1. The molecule has 0 unspecified atom stereocenters. The Morgan fingerprint density at radius 1 is 0.730 bits per heavy atom. The summed E-state index contributed by atoms with van der Waals surface area (Å²) in [5.74, 6) is -4.03. The summed E-state index contributed by atoms with van der Waals surface area (Å²) in [4.78, 5) is 12.6. The summed E-state index contributed by atoms with van der Waals surface area (Å²) in [5.41, 5.74) is 3.17. The maximum absolute atomic E-state index is 14.9. The van der Waals surface area contributed by atoms with Gasteiger partial charge in [0.15, 0.2) is 23.1 Å². The second-order valence-electron chi connectivity index (χ2n) is 8.71. The van der Waals surface area contributed by atoms with E-state index in [2.05, 4.69) is 6.92 Å². The molecule has 0 heterocycles. The molecule has 0 N–H and O–H groups in total. The number of ether oxygens (including phenoxy) is 2. The normalized spacial score (nSPS) is 10.8. The molecule has 0 radical (unpaired) electrons. The van der Waals surface area contributed by atoms with Crippen molar-refractivity contribution in [3.8, 4) is 33.8 Å². The number of methoxy groups -OCH3 is 1. The van der Waals surface area contributed by atoms with Crippen molar-refractivity contribution in [3.05, 3.63) is 107 Å². The molecule has 6 heteroatoms. The maximum Gasteiger partial charge on any atom is 0.343 e. The number of benzene rings is 4. The molecule has 0 fully saturated rings. The molecule has 0 saturated carbocycles. The summed E-state index contributed by atoms with van der Waals surface area (Å²) in [6.45, 7) is 2.14. The molecule has 190 valence electrons. The zero-order valence-corrected chi connectivity index (χ0v) is 20.7. The van der Waals surface area contributed by atoms with Crippen molar-refractivity contribution in [1.29, 1.82) is 0 Å². The summed E-state index contributed by atoms with van der Waals surface area (Å²) in [7, 11) is 1.38. The number of unbranched alkanes of at least 4 members (excludes halogenated alkanes) is 2. The van der Waals surface area contributed by atoms with Crippen molar-refractivity contribution in [2.75, 3.05) is 7.11 Å². The van der Waals surface area contributed by atoms with E-state index in [4.69, 9.17) is 9.47 Å². The van der Waals surface area contributed by atoms with Crippen molar-refractivity contribution < 1.29 is 27.4 Å². The van der Waals surface area contributed by atoms with Crippen LogP contribution in [0.2, 0.25) is 0 Å². The van der Waals surface area contributed by atoms with E-state index in [0.717, 1.165) is 31.2 Å². The molecular formula is C31H27F3O3. The number of hydrogen-bond donors (Lipinski definition) is 0. The lowest BCUT2D eigenvalue weighted by Gasteiger charge is -2.11. The van der Waals surface area contributed by atoms with Gasteiger partial charge in [-0.1, -0.05) is 62.2 Å². The van der Waals surface area contributed by atoms with E-state index in [-0.39, 0.29) is 16.9 Å². The van der Waals surface area contributed by atoms with E-state index in [0.29, 0.717) is 16.7 Å². The third-order valence-corrected chi connectivity index (χ3v) is 6.19. The first-order valence-corrected chi connectivity index (χ1v) is 12.1. The van der Waals surface area contributed by atoms with E-state index in [9.17, 15) is 18.0 Å². The first-order chi connectivity index (χ1) is 17.9. The van der Waals surface area contributed by atoms with Gasteiger partial charge in [0, 0.05) is 5.56 Å². The lowest BCUT2D eigenvalue weighted by Crippen LogP contribution is -2.10. The van der Waals surface area contributed by atoms with Gasteiger partial charge in [-0.15, -0.1) is 0 Å². The van der Waals surface area contributed by atoms with Crippen molar-refractivity contribution in [1.82, 2.24) is 0 Å². The third kappa shape index (κ3) is 6.02. The Labute approximate surface area is 214 Å². The van der Waals surface area contributed by atoms with Crippen LogP contribution >= 0.6 is 0 Å².